The summed E-state index contributed by atoms with van der Waals surface area (Å²) in [5.74, 6) is -0.343. The molecule has 1 heterocycles. The molecule has 1 aromatic heterocycles. The predicted octanol–water partition coefficient (Wildman–Crippen LogP) is 6.05. The predicted molar refractivity (Wildman–Crippen MR) is 137 cm³/mol. The summed E-state index contributed by atoms with van der Waals surface area (Å²) in [5.41, 5.74) is 3.48. The van der Waals surface area contributed by atoms with Crippen LogP contribution in [-0.4, -0.2) is 42.1 Å². The summed E-state index contributed by atoms with van der Waals surface area (Å²) in [6.45, 7) is 7.11. The van der Waals surface area contributed by atoms with E-state index in [4.69, 9.17) is 4.74 Å². The minimum atomic E-state index is -0.343. The molecule has 0 unspecified atom stereocenters. The van der Waals surface area contributed by atoms with Gasteiger partial charge in [-0.25, -0.2) is 9.78 Å². The highest BCUT2D eigenvalue weighted by atomic mass is 79.9. The van der Waals surface area contributed by atoms with Crippen LogP contribution in [0.3, 0.4) is 0 Å². The monoisotopic (exact) mass is 524 g/mol. The summed E-state index contributed by atoms with van der Waals surface area (Å²) in [7, 11) is 0. The molecule has 33 heavy (non-hydrogen) atoms. The number of likely N-dealkylation sites (N-methyl/N-ethyl adjacent to an activating group) is 1. The number of benzene rings is 2. The highest BCUT2D eigenvalue weighted by Crippen LogP contribution is 2.27. The second kappa shape index (κ2) is 12.3. The van der Waals surface area contributed by atoms with Crippen LogP contribution in [0.5, 0.6) is 0 Å². The normalized spacial score (nSPS) is 11.3. The van der Waals surface area contributed by atoms with Crippen molar-refractivity contribution in [3.63, 3.8) is 0 Å². The summed E-state index contributed by atoms with van der Waals surface area (Å²) in [4.78, 5) is 19.0. The molecular weight excluding hydrogens is 500 g/mol. The molecule has 0 fully saturated rings. The molecule has 1 N–H and O–H groups in total. The van der Waals surface area contributed by atoms with Crippen LogP contribution in [0.25, 0.3) is 16.8 Å². The Labute approximate surface area is 206 Å². The number of ether oxygens (including phenoxy) is 1. The van der Waals surface area contributed by atoms with Crippen LogP contribution < -0.4 is 5.32 Å². The standard InChI is InChI=1S/C25H25BrN4O2S/c1-3-30(4-2)12-13-32-25(31)18-8-10-22(11-9-18)28-16-20(15-27)24-29-23(17-33-24)19-6-5-7-21(26)14-19/h5-11,14,16-17,28H,3-4,12-13H2,1-2H3/b20-16-. The molecule has 3 rings (SSSR count). The third-order valence-electron chi connectivity index (χ3n) is 5.01. The molecule has 6 nitrogen and oxygen atoms in total. The van der Waals surface area contributed by atoms with Gasteiger partial charge in [0.05, 0.1) is 11.3 Å². The van der Waals surface area contributed by atoms with E-state index in [1.54, 1.807) is 30.5 Å². The minimum absolute atomic E-state index is 0.343. The molecule has 0 amide bonds. The number of halogens is 1. The zero-order chi connectivity index (χ0) is 23.6. The van der Waals surface area contributed by atoms with Crippen LogP contribution in [0.4, 0.5) is 5.69 Å². The van der Waals surface area contributed by atoms with Gasteiger partial charge in [0, 0.05) is 33.8 Å². The molecule has 0 spiro atoms. The number of thiazole rings is 1. The molecule has 0 atom stereocenters. The lowest BCUT2D eigenvalue weighted by molar-refractivity contribution is 0.0466. The Bertz CT molecular complexity index is 1150. The molecule has 0 bridgehead atoms. The van der Waals surface area contributed by atoms with Gasteiger partial charge in [-0.1, -0.05) is 41.9 Å². The van der Waals surface area contributed by atoms with Crippen molar-refractivity contribution in [2.45, 2.75) is 13.8 Å². The maximum atomic E-state index is 12.2. The molecule has 170 valence electrons. The topological polar surface area (TPSA) is 78.2 Å². The van der Waals surface area contributed by atoms with E-state index in [1.807, 2.05) is 29.6 Å². The van der Waals surface area contributed by atoms with Crippen molar-refractivity contribution in [2.75, 3.05) is 31.6 Å². The largest absolute Gasteiger partial charge is 0.461 e. The number of aromatic nitrogens is 1. The van der Waals surface area contributed by atoms with Crippen LogP contribution in [0.15, 0.2) is 64.6 Å². The van der Waals surface area contributed by atoms with Gasteiger partial charge >= 0.3 is 5.97 Å². The fourth-order valence-electron chi connectivity index (χ4n) is 3.07. The van der Waals surface area contributed by atoms with E-state index in [-0.39, 0.29) is 5.97 Å². The van der Waals surface area contributed by atoms with Crippen LogP contribution in [0, 0.1) is 11.3 Å². The average molecular weight is 525 g/mol. The Balaban J connectivity index is 1.60. The van der Waals surface area contributed by atoms with E-state index in [9.17, 15) is 10.1 Å². The van der Waals surface area contributed by atoms with Gasteiger partial charge in [0.25, 0.3) is 0 Å². The van der Waals surface area contributed by atoms with Crippen molar-refractivity contribution < 1.29 is 9.53 Å². The molecule has 0 aliphatic carbocycles. The zero-order valence-electron chi connectivity index (χ0n) is 18.5. The number of allylic oxidation sites excluding steroid dienone is 1. The van der Waals surface area contributed by atoms with Crippen molar-refractivity contribution in [1.82, 2.24) is 9.88 Å². The van der Waals surface area contributed by atoms with Crippen LogP contribution in [-0.2, 0) is 4.74 Å². The Morgan fingerprint density at radius 3 is 2.67 bits per heavy atom. The Morgan fingerprint density at radius 2 is 2.00 bits per heavy atom. The van der Waals surface area contributed by atoms with Gasteiger partial charge in [0.15, 0.2) is 0 Å². The Hall–Kier alpha value is -2.99. The van der Waals surface area contributed by atoms with Crippen molar-refractivity contribution in [3.05, 3.63) is 75.2 Å². The smallest absolute Gasteiger partial charge is 0.338 e. The first-order chi connectivity index (χ1) is 16.0. The van der Waals surface area contributed by atoms with E-state index >= 15 is 0 Å². The second-order valence-corrected chi connectivity index (χ2v) is 8.88. The second-order valence-electron chi connectivity index (χ2n) is 7.10. The summed E-state index contributed by atoms with van der Waals surface area (Å²) in [6, 6.07) is 17.0. The number of nitrogens with zero attached hydrogens (tertiary/aromatic N) is 3. The number of anilines is 1. The van der Waals surface area contributed by atoms with E-state index in [0.717, 1.165) is 41.1 Å². The molecule has 0 aliphatic heterocycles. The highest BCUT2D eigenvalue weighted by Gasteiger charge is 2.10. The number of esters is 1. The lowest BCUT2D eigenvalue weighted by Crippen LogP contribution is -2.27. The van der Waals surface area contributed by atoms with Crippen molar-refractivity contribution in [3.8, 4) is 17.3 Å². The van der Waals surface area contributed by atoms with Crippen LogP contribution in [0.2, 0.25) is 0 Å². The van der Waals surface area contributed by atoms with Crippen molar-refractivity contribution in [1.29, 1.82) is 5.26 Å². The Morgan fingerprint density at radius 1 is 1.24 bits per heavy atom. The van der Waals surface area contributed by atoms with Gasteiger partial charge in [0.1, 0.15) is 23.3 Å². The Kier molecular flexibility index (Phi) is 9.19. The summed E-state index contributed by atoms with van der Waals surface area (Å²) in [6.07, 6.45) is 1.63. The van der Waals surface area contributed by atoms with Gasteiger partial charge < -0.3 is 15.0 Å². The van der Waals surface area contributed by atoms with E-state index < -0.39 is 0 Å². The van der Waals surface area contributed by atoms with Crippen LogP contribution >= 0.6 is 27.3 Å². The quantitative estimate of drug-likeness (QED) is 0.257. The summed E-state index contributed by atoms with van der Waals surface area (Å²) in [5, 5.41) is 15.3. The van der Waals surface area contributed by atoms with Crippen molar-refractivity contribution >= 4 is 44.5 Å². The van der Waals surface area contributed by atoms with E-state index in [0.29, 0.717) is 22.8 Å². The SMILES string of the molecule is CCN(CC)CCOC(=O)c1ccc(N/C=C(/C#N)c2nc(-c3cccc(Br)c3)cs2)cc1. The number of carbonyl (C=O) groups excluding carboxylic acids is 1. The molecule has 0 saturated heterocycles. The number of hydrogen-bond donors (Lipinski definition) is 1. The number of rotatable bonds is 10. The summed E-state index contributed by atoms with van der Waals surface area (Å²) >= 11 is 4.88. The third kappa shape index (κ3) is 6.99. The lowest BCUT2D eigenvalue weighted by atomic mass is 10.2. The lowest BCUT2D eigenvalue weighted by Gasteiger charge is -2.17. The highest BCUT2D eigenvalue weighted by molar-refractivity contribution is 9.10. The van der Waals surface area contributed by atoms with Crippen molar-refractivity contribution in [2.24, 2.45) is 0 Å². The number of hydrogen-bond acceptors (Lipinski definition) is 7. The molecular formula is C25H25BrN4O2S. The van der Waals surface area contributed by atoms with Crippen LogP contribution in [0.1, 0.15) is 29.2 Å². The number of nitrogens with one attached hydrogen (secondary N) is 1. The molecule has 0 aliphatic rings. The van der Waals surface area contributed by atoms with Gasteiger partial charge in [-0.15, -0.1) is 11.3 Å². The molecule has 0 saturated carbocycles. The first kappa shape index (κ1) is 24.6. The fraction of sp³-hybridized carbons (Fsp3) is 0.240. The summed E-state index contributed by atoms with van der Waals surface area (Å²) < 4.78 is 6.33. The number of nitriles is 1. The first-order valence-corrected chi connectivity index (χ1v) is 12.3. The zero-order valence-corrected chi connectivity index (χ0v) is 20.9. The van der Waals surface area contributed by atoms with Gasteiger partial charge in [-0.05, 0) is 49.5 Å². The maximum Gasteiger partial charge on any atom is 0.338 e. The molecule has 0 radical (unpaired) electrons. The van der Waals surface area contributed by atoms with E-state index in [1.165, 1.54) is 11.3 Å². The fourth-order valence-corrected chi connectivity index (χ4v) is 4.26. The molecule has 8 heteroatoms. The average Bonchev–Trinajstić information content (AvgIpc) is 3.33. The maximum absolute atomic E-state index is 12.2. The van der Waals surface area contributed by atoms with Gasteiger partial charge in [0.2, 0.25) is 0 Å². The molecule has 2 aromatic carbocycles. The van der Waals surface area contributed by atoms with E-state index in [2.05, 4.69) is 51.0 Å². The first-order valence-electron chi connectivity index (χ1n) is 10.6. The molecule has 3 aromatic rings. The third-order valence-corrected chi connectivity index (χ3v) is 6.38. The number of carbonyl (C=O) groups is 1. The minimum Gasteiger partial charge on any atom is -0.461 e. The van der Waals surface area contributed by atoms with Gasteiger partial charge in [-0.2, -0.15) is 5.26 Å². The van der Waals surface area contributed by atoms with Gasteiger partial charge in [-0.3, -0.25) is 0 Å².